The quantitative estimate of drug-likeness (QED) is 0.637. The molecule has 0 amide bonds. The van der Waals surface area contributed by atoms with Crippen LogP contribution in [0.25, 0.3) is 0 Å². The van der Waals surface area contributed by atoms with Gasteiger partial charge in [0.15, 0.2) is 0 Å². The van der Waals surface area contributed by atoms with Crippen LogP contribution in [0, 0.1) is 0 Å². The molecule has 0 heterocycles. The van der Waals surface area contributed by atoms with Crippen LogP contribution in [0.15, 0.2) is 0 Å². The van der Waals surface area contributed by atoms with Gasteiger partial charge < -0.3 is 14.8 Å². The molecule has 0 radical (unpaired) electrons. The lowest BCUT2D eigenvalue weighted by Crippen LogP contribution is -2.16. The Morgan fingerprint density at radius 1 is 0.941 bits per heavy atom. The topological polar surface area (TPSA) is 47.6 Å². The summed E-state index contributed by atoms with van der Waals surface area (Å²) in [5.41, 5.74) is 0. The summed E-state index contributed by atoms with van der Waals surface area (Å²) in [5, 5.41) is 2.97. The van der Waals surface area contributed by atoms with E-state index >= 15 is 0 Å². The van der Waals surface area contributed by atoms with Crippen molar-refractivity contribution in [1.82, 2.24) is 5.32 Å². The van der Waals surface area contributed by atoms with Gasteiger partial charge in [-0.3, -0.25) is 4.79 Å². The monoisotopic (exact) mass is 249 g/mol. The average Bonchev–Trinajstić information content (AvgIpc) is 2.37. The fourth-order valence-electron chi connectivity index (χ4n) is 0.712. The molecule has 0 aliphatic rings. The summed E-state index contributed by atoms with van der Waals surface area (Å²) >= 11 is 0. The first kappa shape index (κ1) is 21.8. The Balaban J connectivity index is -0.000000439. The van der Waals surface area contributed by atoms with Crippen molar-refractivity contribution in [3.05, 3.63) is 0 Å². The highest BCUT2D eigenvalue weighted by atomic mass is 16.5. The van der Waals surface area contributed by atoms with Crippen molar-refractivity contribution in [3.63, 3.8) is 0 Å². The number of carbonyl (C=O) groups excluding carboxylic acids is 1. The highest BCUT2D eigenvalue weighted by Crippen LogP contribution is 1.84. The molecule has 0 spiro atoms. The number of carbonyl (C=O) groups is 1. The number of likely N-dealkylation sites (N-methyl/N-ethyl adjacent to an activating group) is 1. The summed E-state index contributed by atoms with van der Waals surface area (Å²) in [6.07, 6.45) is 0.497. The fraction of sp³-hybridized carbons (Fsp3) is 0.923. The molecule has 0 aliphatic carbocycles. The summed E-state index contributed by atoms with van der Waals surface area (Å²) in [7, 11) is 1.88. The van der Waals surface area contributed by atoms with Crippen LogP contribution in [0.2, 0.25) is 0 Å². The Morgan fingerprint density at radius 3 is 1.82 bits per heavy atom. The van der Waals surface area contributed by atoms with E-state index in [0.717, 1.165) is 6.54 Å². The highest BCUT2D eigenvalue weighted by molar-refractivity contribution is 5.75. The number of ketones is 1. The van der Waals surface area contributed by atoms with Gasteiger partial charge in [0.25, 0.3) is 0 Å². The minimum Gasteiger partial charge on any atom is -0.379 e. The second kappa shape index (κ2) is 24.7. The molecule has 0 saturated carbocycles. The molecule has 4 heteroatoms. The van der Waals surface area contributed by atoms with Gasteiger partial charge in [-0.05, 0) is 14.0 Å². The molecule has 0 bridgehead atoms. The van der Waals surface area contributed by atoms with Gasteiger partial charge in [-0.1, -0.05) is 27.7 Å². The standard InChI is InChI=1S/C9H19NO3.2C2H6/c1-9(11)3-5-12-7-8-13-6-4-10-2;2*1-2/h10H,3-8H2,1-2H3;2*1-2H3. The van der Waals surface area contributed by atoms with Crippen molar-refractivity contribution in [2.45, 2.75) is 41.0 Å². The largest absolute Gasteiger partial charge is 0.379 e. The number of rotatable bonds is 9. The fourth-order valence-corrected chi connectivity index (χ4v) is 0.712. The maximum absolute atomic E-state index is 10.5. The smallest absolute Gasteiger partial charge is 0.132 e. The molecule has 0 aliphatic heterocycles. The molecule has 0 aromatic heterocycles. The second-order valence-corrected chi connectivity index (χ2v) is 2.78. The molecular formula is C13H31NO3. The lowest BCUT2D eigenvalue weighted by molar-refractivity contribution is -0.118. The van der Waals surface area contributed by atoms with Crippen molar-refractivity contribution in [1.29, 1.82) is 0 Å². The lowest BCUT2D eigenvalue weighted by Gasteiger charge is -2.04. The van der Waals surface area contributed by atoms with Gasteiger partial charge in [0, 0.05) is 13.0 Å². The zero-order valence-electron chi connectivity index (χ0n) is 12.5. The molecule has 0 fully saturated rings. The molecule has 0 unspecified atom stereocenters. The summed E-state index contributed by atoms with van der Waals surface area (Å²) in [5.74, 6) is 0.163. The predicted molar refractivity (Wildman–Crippen MR) is 73.6 cm³/mol. The molecule has 0 aromatic carbocycles. The summed E-state index contributed by atoms with van der Waals surface area (Å²) in [6, 6.07) is 0. The molecule has 0 atom stereocenters. The predicted octanol–water partition coefficient (Wildman–Crippen LogP) is 2.27. The molecule has 0 saturated heterocycles. The first-order valence-corrected chi connectivity index (χ1v) is 6.57. The number of nitrogens with one attached hydrogen (secondary N) is 1. The van der Waals surface area contributed by atoms with Crippen molar-refractivity contribution >= 4 is 5.78 Å². The Kier molecular flexibility index (Phi) is 31.6. The first-order chi connectivity index (χ1) is 8.27. The van der Waals surface area contributed by atoms with Crippen LogP contribution in [0.3, 0.4) is 0 Å². The van der Waals surface area contributed by atoms with E-state index in [9.17, 15) is 4.79 Å². The molecular weight excluding hydrogens is 218 g/mol. The van der Waals surface area contributed by atoms with Crippen LogP contribution in [0.1, 0.15) is 41.0 Å². The van der Waals surface area contributed by atoms with E-state index in [1.54, 1.807) is 6.92 Å². The van der Waals surface area contributed by atoms with E-state index in [-0.39, 0.29) is 5.78 Å². The van der Waals surface area contributed by atoms with Gasteiger partial charge in [-0.25, -0.2) is 0 Å². The number of hydrogen-bond acceptors (Lipinski definition) is 4. The van der Waals surface area contributed by atoms with Crippen LogP contribution < -0.4 is 5.32 Å². The maximum Gasteiger partial charge on any atom is 0.132 e. The van der Waals surface area contributed by atoms with Gasteiger partial charge in [-0.2, -0.15) is 0 Å². The highest BCUT2D eigenvalue weighted by Gasteiger charge is 1.93. The zero-order valence-corrected chi connectivity index (χ0v) is 12.5. The van der Waals surface area contributed by atoms with Gasteiger partial charge in [0.05, 0.1) is 26.4 Å². The first-order valence-electron chi connectivity index (χ1n) is 6.57. The van der Waals surface area contributed by atoms with Crippen LogP contribution >= 0.6 is 0 Å². The Bertz CT molecular complexity index is 130. The molecule has 0 rings (SSSR count). The van der Waals surface area contributed by atoms with E-state index in [1.165, 1.54) is 0 Å². The summed E-state index contributed by atoms with van der Waals surface area (Å²) < 4.78 is 10.4. The van der Waals surface area contributed by atoms with E-state index < -0.39 is 0 Å². The molecule has 0 aromatic rings. The summed E-state index contributed by atoms with van der Waals surface area (Å²) in [4.78, 5) is 10.5. The minimum atomic E-state index is 0.163. The Morgan fingerprint density at radius 2 is 1.41 bits per heavy atom. The maximum atomic E-state index is 10.5. The average molecular weight is 249 g/mol. The number of hydrogen-bond donors (Lipinski definition) is 1. The van der Waals surface area contributed by atoms with E-state index in [2.05, 4.69) is 5.32 Å². The Hall–Kier alpha value is -0.450. The lowest BCUT2D eigenvalue weighted by atomic mass is 10.3. The molecule has 106 valence electrons. The minimum absolute atomic E-state index is 0.163. The van der Waals surface area contributed by atoms with Gasteiger partial charge >= 0.3 is 0 Å². The third-order valence-electron chi connectivity index (χ3n) is 1.47. The van der Waals surface area contributed by atoms with Crippen molar-refractivity contribution in [2.24, 2.45) is 0 Å². The number of ether oxygens (including phenoxy) is 2. The summed E-state index contributed by atoms with van der Waals surface area (Å²) in [6.45, 7) is 12.8. The number of Topliss-reactive ketones (excluding diaryl/α,β-unsaturated/α-hetero) is 1. The van der Waals surface area contributed by atoms with Crippen molar-refractivity contribution in [2.75, 3.05) is 40.0 Å². The van der Waals surface area contributed by atoms with Crippen molar-refractivity contribution < 1.29 is 14.3 Å². The van der Waals surface area contributed by atoms with Gasteiger partial charge in [0.2, 0.25) is 0 Å². The van der Waals surface area contributed by atoms with Crippen molar-refractivity contribution in [3.8, 4) is 0 Å². The van der Waals surface area contributed by atoms with E-state index in [1.807, 2.05) is 34.7 Å². The SMILES string of the molecule is CC.CC.CNCCOCCOCCC(C)=O. The van der Waals surface area contributed by atoms with Gasteiger partial charge in [-0.15, -0.1) is 0 Å². The Labute approximate surface area is 107 Å². The third-order valence-corrected chi connectivity index (χ3v) is 1.47. The molecule has 17 heavy (non-hydrogen) atoms. The van der Waals surface area contributed by atoms with Gasteiger partial charge in [0.1, 0.15) is 5.78 Å². The molecule has 4 nitrogen and oxygen atoms in total. The van der Waals surface area contributed by atoms with Crippen LogP contribution in [0.5, 0.6) is 0 Å². The van der Waals surface area contributed by atoms with E-state index in [4.69, 9.17) is 9.47 Å². The second-order valence-electron chi connectivity index (χ2n) is 2.78. The molecule has 1 N–H and O–H groups in total. The van der Waals surface area contributed by atoms with Crippen LogP contribution in [-0.2, 0) is 14.3 Å². The normalized spacial score (nSPS) is 8.59. The van der Waals surface area contributed by atoms with E-state index in [0.29, 0.717) is 32.8 Å². The zero-order chi connectivity index (χ0) is 13.9. The third kappa shape index (κ3) is 31.3. The van der Waals surface area contributed by atoms with Crippen LogP contribution in [-0.4, -0.2) is 45.8 Å². The van der Waals surface area contributed by atoms with Crippen LogP contribution in [0.4, 0.5) is 0 Å².